The summed E-state index contributed by atoms with van der Waals surface area (Å²) in [6, 6.07) is 5.46. The average molecular weight is 326 g/mol. The first-order valence-electron chi connectivity index (χ1n) is 8.98. The van der Waals surface area contributed by atoms with Gasteiger partial charge in [-0.2, -0.15) is 0 Å². The number of anilines is 2. The highest BCUT2D eigenvalue weighted by Crippen LogP contribution is 2.60. The molecule has 4 bridgehead atoms. The van der Waals surface area contributed by atoms with Gasteiger partial charge in [-0.25, -0.2) is 0 Å². The molecular weight excluding hydrogens is 304 g/mol. The van der Waals surface area contributed by atoms with Crippen LogP contribution in [-0.4, -0.2) is 18.4 Å². The normalized spacial score (nSPS) is 35.8. The summed E-state index contributed by atoms with van der Waals surface area (Å²) in [5.74, 6) is 2.91. The van der Waals surface area contributed by atoms with E-state index in [2.05, 4.69) is 10.6 Å². The number of hydrogen-bond acceptors (Lipinski definition) is 3. The van der Waals surface area contributed by atoms with Crippen molar-refractivity contribution in [1.82, 2.24) is 0 Å². The molecule has 4 saturated carbocycles. The molecule has 0 aromatic heterocycles. The van der Waals surface area contributed by atoms with Crippen molar-refractivity contribution in [2.75, 3.05) is 17.2 Å². The zero-order chi connectivity index (χ0) is 16.3. The molecule has 0 atom stereocenters. The van der Waals surface area contributed by atoms with Crippen LogP contribution in [0.4, 0.5) is 11.4 Å². The average Bonchev–Trinajstić information content (AvgIpc) is 2.53. The largest absolute Gasteiger partial charge is 0.482 e. The fourth-order valence-corrected chi connectivity index (χ4v) is 5.81. The second-order valence-corrected chi connectivity index (χ2v) is 8.20. The molecule has 1 aromatic rings. The molecule has 2 amide bonds. The maximum atomic E-state index is 13.1. The fourth-order valence-electron chi connectivity index (χ4n) is 5.81. The molecule has 5 heteroatoms. The van der Waals surface area contributed by atoms with Crippen LogP contribution in [0.5, 0.6) is 5.75 Å². The van der Waals surface area contributed by atoms with Crippen molar-refractivity contribution >= 4 is 23.2 Å². The van der Waals surface area contributed by atoms with Gasteiger partial charge >= 0.3 is 0 Å². The molecule has 5 nitrogen and oxygen atoms in total. The van der Waals surface area contributed by atoms with Gasteiger partial charge in [-0.1, -0.05) is 0 Å². The quantitative estimate of drug-likeness (QED) is 0.877. The number of ether oxygens (including phenoxy) is 1. The predicted molar refractivity (Wildman–Crippen MR) is 89.8 cm³/mol. The van der Waals surface area contributed by atoms with Crippen LogP contribution >= 0.6 is 0 Å². The van der Waals surface area contributed by atoms with E-state index in [0.717, 1.165) is 42.7 Å². The SMILES string of the molecule is O=C1COc2ccc(NC(=O)C34CC5CC(CC(C5)C3)C4)cc2N1. The predicted octanol–water partition coefficient (Wildman–Crippen LogP) is 3.17. The van der Waals surface area contributed by atoms with E-state index in [1.54, 1.807) is 6.07 Å². The van der Waals surface area contributed by atoms with Crippen LogP contribution in [0.25, 0.3) is 0 Å². The Balaban J connectivity index is 1.37. The molecule has 4 fully saturated rings. The zero-order valence-electron chi connectivity index (χ0n) is 13.6. The Labute approximate surface area is 141 Å². The molecule has 0 radical (unpaired) electrons. The highest BCUT2D eigenvalue weighted by Gasteiger charge is 2.54. The van der Waals surface area contributed by atoms with E-state index in [0.29, 0.717) is 11.4 Å². The highest BCUT2D eigenvalue weighted by atomic mass is 16.5. The molecule has 0 spiro atoms. The van der Waals surface area contributed by atoms with Gasteiger partial charge in [-0.15, -0.1) is 0 Å². The smallest absolute Gasteiger partial charge is 0.262 e. The van der Waals surface area contributed by atoms with Crippen LogP contribution in [0.1, 0.15) is 38.5 Å². The van der Waals surface area contributed by atoms with E-state index < -0.39 is 0 Å². The Hall–Kier alpha value is -2.04. The van der Waals surface area contributed by atoms with E-state index in [1.807, 2.05) is 12.1 Å². The second-order valence-electron chi connectivity index (χ2n) is 8.20. The number of amides is 2. The van der Waals surface area contributed by atoms with Gasteiger partial charge < -0.3 is 15.4 Å². The van der Waals surface area contributed by atoms with Crippen molar-refractivity contribution in [2.45, 2.75) is 38.5 Å². The number of carbonyl (C=O) groups excluding carboxylic acids is 2. The fraction of sp³-hybridized carbons (Fsp3) is 0.579. The Bertz CT molecular complexity index is 692. The first-order valence-corrected chi connectivity index (χ1v) is 8.98. The summed E-state index contributed by atoms with van der Waals surface area (Å²) < 4.78 is 5.37. The second kappa shape index (κ2) is 4.98. The Morgan fingerprint density at radius 3 is 2.46 bits per heavy atom. The third-order valence-electron chi connectivity index (χ3n) is 6.39. The van der Waals surface area contributed by atoms with Crippen molar-refractivity contribution in [1.29, 1.82) is 0 Å². The van der Waals surface area contributed by atoms with Crippen LogP contribution in [-0.2, 0) is 9.59 Å². The number of benzene rings is 1. The van der Waals surface area contributed by atoms with Crippen LogP contribution in [0.2, 0.25) is 0 Å². The summed E-state index contributed by atoms with van der Waals surface area (Å²) in [5.41, 5.74) is 1.21. The molecule has 2 N–H and O–H groups in total. The lowest BCUT2D eigenvalue weighted by molar-refractivity contribution is -0.140. The van der Waals surface area contributed by atoms with Crippen LogP contribution in [0.15, 0.2) is 18.2 Å². The molecular formula is C19H22N2O3. The van der Waals surface area contributed by atoms with Gasteiger partial charge in [0.1, 0.15) is 5.75 Å². The highest BCUT2D eigenvalue weighted by molar-refractivity contribution is 5.99. The summed E-state index contributed by atoms with van der Waals surface area (Å²) in [6.45, 7) is 0.0476. The third-order valence-corrected chi connectivity index (χ3v) is 6.39. The lowest BCUT2D eigenvalue weighted by Crippen LogP contribution is -2.51. The van der Waals surface area contributed by atoms with E-state index in [1.165, 1.54) is 19.3 Å². The van der Waals surface area contributed by atoms with Crippen molar-refractivity contribution < 1.29 is 14.3 Å². The van der Waals surface area contributed by atoms with Crippen LogP contribution in [0, 0.1) is 23.2 Å². The lowest BCUT2D eigenvalue weighted by atomic mass is 9.49. The Morgan fingerprint density at radius 2 is 1.79 bits per heavy atom. The molecule has 1 aliphatic heterocycles. The topological polar surface area (TPSA) is 67.4 Å². The third kappa shape index (κ3) is 2.21. The van der Waals surface area contributed by atoms with Gasteiger partial charge in [0.25, 0.3) is 5.91 Å². The monoisotopic (exact) mass is 326 g/mol. The number of nitrogens with one attached hydrogen (secondary N) is 2. The van der Waals surface area contributed by atoms with E-state index in [9.17, 15) is 9.59 Å². The minimum Gasteiger partial charge on any atom is -0.482 e. The summed E-state index contributed by atoms with van der Waals surface area (Å²) in [5, 5.41) is 5.91. The van der Waals surface area contributed by atoms with E-state index >= 15 is 0 Å². The van der Waals surface area contributed by atoms with Crippen molar-refractivity contribution in [3.05, 3.63) is 18.2 Å². The minimum absolute atomic E-state index is 0.0476. The van der Waals surface area contributed by atoms with Crippen LogP contribution in [0.3, 0.4) is 0 Å². The first-order chi connectivity index (χ1) is 11.6. The van der Waals surface area contributed by atoms with Crippen molar-refractivity contribution in [3.63, 3.8) is 0 Å². The van der Waals surface area contributed by atoms with E-state index in [4.69, 9.17) is 4.74 Å². The summed E-state index contributed by atoms with van der Waals surface area (Å²) in [6.07, 6.45) is 7.14. The minimum atomic E-state index is -0.162. The molecule has 4 aliphatic carbocycles. The number of rotatable bonds is 2. The molecule has 126 valence electrons. The summed E-state index contributed by atoms with van der Waals surface area (Å²) in [4.78, 5) is 24.5. The van der Waals surface area contributed by atoms with E-state index in [-0.39, 0.29) is 23.8 Å². The number of fused-ring (bicyclic) bond motifs is 1. The van der Waals surface area contributed by atoms with Gasteiger partial charge in [-0.3, -0.25) is 9.59 Å². The molecule has 6 rings (SSSR count). The maximum Gasteiger partial charge on any atom is 0.262 e. The molecule has 0 saturated heterocycles. The molecule has 0 unspecified atom stereocenters. The van der Waals surface area contributed by atoms with Crippen molar-refractivity contribution in [2.24, 2.45) is 23.2 Å². The number of hydrogen-bond donors (Lipinski definition) is 2. The first kappa shape index (κ1) is 14.3. The summed E-state index contributed by atoms with van der Waals surface area (Å²) >= 11 is 0. The number of carbonyl (C=O) groups is 2. The molecule has 1 aromatic carbocycles. The van der Waals surface area contributed by atoms with Crippen LogP contribution < -0.4 is 15.4 Å². The zero-order valence-corrected chi connectivity index (χ0v) is 13.6. The molecule has 5 aliphatic rings. The Morgan fingerprint density at radius 1 is 1.12 bits per heavy atom. The standard InChI is InChI=1S/C19H22N2O3/c22-17-10-24-16-2-1-14(6-15(16)21-17)20-18(23)19-7-11-3-12(8-19)5-13(4-11)9-19/h1-2,6,11-13H,3-5,7-10H2,(H,20,23)(H,21,22). The van der Waals surface area contributed by atoms with Gasteiger partial charge in [0.05, 0.1) is 11.1 Å². The van der Waals surface area contributed by atoms with Gasteiger partial charge in [-0.05, 0) is 74.5 Å². The molecule has 24 heavy (non-hydrogen) atoms. The maximum absolute atomic E-state index is 13.1. The molecule has 1 heterocycles. The van der Waals surface area contributed by atoms with Crippen molar-refractivity contribution in [3.8, 4) is 5.75 Å². The Kier molecular flexibility index (Phi) is 2.97. The summed E-state index contributed by atoms with van der Waals surface area (Å²) in [7, 11) is 0. The van der Waals surface area contributed by atoms with Gasteiger partial charge in [0, 0.05) is 5.69 Å². The lowest BCUT2D eigenvalue weighted by Gasteiger charge is -2.55. The van der Waals surface area contributed by atoms with Gasteiger partial charge in [0.15, 0.2) is 6.61 Å². The van der Waals surface area contributed by atoms with Gasteiger partial charge in [0.2, 0.25) is 5.91 Å².